The number of aromatic nitrogens is 2. The lowest BCUT2D eigenvalue weighted by Crippen LogP contribution is -2.37. The minimum Gasteiger partial charge on any atom is -0.297 e. The average Bonchev–Trinajstić information content (AvgIpc) is 2.70. The summed E-state index contributed by atoms with van der Waals surface area (Å²) in [4.78, 5) is 26.4. The van der Waals surface area contributed by atoms with Crippen LogP contribution in [-0.4, -0.2) is 9.55 Å². The molecule has 0 fully saturated rings. The zero-order valence-electron chi connectivity index (χ0n) is 10.1. The van der Waals surface area contributed by atoms with Gasteiger partial charge in [-0.2, -0.15) is 11.3 Å². The maximum absolute atomic E-state index is 12.1. The van der Waals surface area contributed by atoms with Crippen LogP contribution in [0.1, 0.15) is 23.6 Å². The first-order chi connectivity index (χ1) is 8.54. The van der Waals surface area contributed by atoms with E-state index in [-0.39, 0.29) is 17.3 Å². The molecule has 0 aliphatic rings. The largest absolute Gasteiger partial charge is 0.329 e. The van der Waals surface area contributed by atoms with Crippen molar-refractivity contribution < 1.29 is 0 Å². The molecule has 1 N–H and O–H groups in total. The van der Waals surface area contributed by atoms with E-state index in [0.717, 1.165) is 11.1 Å². The minimum atomic E-state index is -0.465. The monoisotopic (exact) mass is 284 g/mol. The fourth-order valence-electron chi connectivity index (χ4n) is 1.76. The highest BCUT2D eigenvalue weighted by molar-refractivity contribution is 7.08. The Morgan fingerprint density at radius 2 is 2.11 bits per heavy atom. The second-order valence-corrected chi connectivity index (χ2v) is 5.17. The lowest BCUT2D eigenvalue weighted by molar-refractivity contribution is 0.685. The van der Waals surface area contributed by atoms with Crippen LogP contribution in [0.2, 0.25) is 5.15 Å². The molecule has 0 saturated carbocycles. The first-order valence-corrected chi connectivity index (χ1v) is 6.89. The van der Waals surface area contributed by atoms with Crippen LogP contribution in [0, 0.1) is 6.92 Å². The molecule has 2 aromatic heterocycles. The predicted molar refractivity (Wildman–Crippen MR) is 73.9 cm³/mol. The molecular weight excluding hydrogens is 272 g/mol. The van der Waals surface area contributed by atoms with Crippen LogP contribution < -0.4 is 11.2 Å². The molecule has 2 rings (SSSR count). The molecule has 6 heteroatoms. The van der Waals surface area contributed by atoms with Crippen LogP contribution in [0.25, 0.3) is 0 Å². The highest BCUT2D eigenvalue weighted by Crippen LogP contribution is 2.14. The first-order valence-electron chi connectivity index (χ1n) is 5.57. The van der Waals surface area contributed by atoms with Gasteiger partial charge in [-0.15, -0.1) is 0 Å². The van der Waals surface area contributed by atoms with Crippen molar-refractivity contribution in [3.63, 3.8) is 0 Å². The van der Waals surface area contributed by atoms with Crippen LogP contribution in [0.15, 0.2) is 20.3 Å². The van der Waals surface area contributed by atoms with Crippen molar-refractivity contribution in [3.05, 3.63) is 53.4 Å². The van der Waals surface area contributed by atoms with Gasteiger partial charge >= 0.3 is 5.69 Å². The van der Waals surface area contributed by atoms with Crippen molar-refractivity contribution in [3.8, 4) is 0 Å². The Morgan fingerprint density at radius 1 is 1.39 bits per heavy atom. The van der Waals surface area contributed by atoms with E-state index in [9.17, 15) is 9.59 Å². The number of H-pyrrole nitrogens is 1. The third kappa shape index (κ3) is 2.28. The number of halogens is 1. The van der Waals surface area contributed by atoms with Gasteiger partial charge in [0.2, 0.25) is 0 Å². The molecule has 96 valence electrons. The predicted octanol–water partition coefficient (Wildman–Crippen LogP) is 2.17. The molecule has 18 heavy (non-hydrogen) atoms. The van der Waals surface area contributed by atoms with E-state index in [1.165, 1.54) is 4.57 Å². The molecule has 0 spiro atoms. The SMILES string of the molecule is CCc1c(Cl)[nH]c(=O)n(Cc2cscc2C)c1=O. The molecule has 2 heterocycles. The molecule has 0 radical (unpaired) electrons. The van der Waals surface area contributed by atoms with Gasteiger partial charge in [0, 0.05) is 0 Å². The van der Waals surface area contributed by atoms with Gasteiger partial charge in [-0.05, 0) is 35.2 Å². The Balaban J connectivity index is 2.55. The number of rotatable bonds is 3. The summed E-state index contributed by atoms with van der Waals surface area (Å²) in [5, 5.41) is 4.08. The van der Waals surface area contributed by atoms with E-state index >= 15 is 0 Å². The smallest absolute Gasteiger partial charge is 0.297 e. The number of aryl methyl sites for hydroxylation is 1. The van der Waals surface area contributed by atoms with Gasteiger partial charge in [0.05, 0.1) is 12.1 Å². The Kier molecular flexibility index (Phi) is 3.73. The zero-order valence-corrected chi connectivity index (χ0v) is 11.7. The second kappa shape index (κ2) is 5.12. The minimum absolute atomic E-state index is 0.144. The van der Waals surface area contributed by atoms with Gasteiger partial charge in [-0.3, -0.25) is 14.3 Å². The summed E-state index contributed by atoms with van der Waals surface area (Å²) < 4.78 is 1.19. The van der Waals surface area contributed by atoms with Crippen LogP contribution in [0.4, 0.5) is 0 Å². The maximum atomic E-state index is 12.1. The van der Waals surface area contributed by atoms with Crippen LogP contribution >= 0.6 is 22.9 Å². The first kappa shape index (κ1) is 13.1. The van der Waals surface area contributed by atoms with Crippen molar-refractivity contribution in [1.82, 2.24) is 9.55 Å². The number of hydrogen-bond acceptors (Lipinski definition) is 3. The topological polar surface area (TPSA) is 54.9 Å². The number of hydrogen-bond donors (Lipinski definition) is 1. The lowest BCUT2D eigenvalue weighted by atomic mass is 10.2. The lowest BCUT2D eigenvalue weighted by Gasteiger charge is -2.07. The molecule has 4 nitrogen and oxygen atoms in total. The summed E-state index contributed by atoms with van der Waals surface area (Å²) >= 11 is 7.41. The van der Waals surface area contributed by atoms with E-state index in [1.54, 1.807) is 11.3 Å². The van der Waals surface area contributed by atoms with Crippen molar-refractivity contribution in [1.29, 1.82) is 0 Å². The fraction of sp³-hybridized carbons (Fsp3) is 0.333. The summed E-state index contributed by atoms with van der Waals surface area (Å²) in [6, 6.07) is 0. The highest BCUT2D eigenvalue weighted by atomic mass is 35.5. The van der Waals surface area contributed by atoms with Crippen LogP contribution in [0.5, 0.6) is 0 Å². The molecule has 0 amide bonds. The molecule has 0 aliphatic heterocycles. The quantitative estimate of drug-likeness (QED) is 0.878. The van der Waals surface area contributed by atoms with Gasteiger partial charge in [0.25, 0.3) is 5.56 Å². The van der Waals surface area contributed by atoms with Crippen LogP contribution in [-0.2, 0) is 13.0 Å². The summed E-state index contributed by atoms with van der Waals surface area (Å²) in [7, 11) is 0. The molecular formula is C12H13ClN2O2S. The zero-order chi connectivity index (χ0) is 13.3. The number of nitrogens with zero attached hydrogens (tertiary/aromatic N) is 1. The Labute approximate surface area is 113 Å². The van der Waals surface area contributed by atoms with E-state index in [4.69, 9.17) is 11.6 Å². The van der Waals surface area contributed by atoms with E-state index in [2.05, 4.69) is 4.98 Å². The van der Waals surface area contributed by atoms with Crippen molar-refractivity contribution in [2.24, 2.45) is 0 Å². The van der Waals surface area contributed by atoms with Crippen molar-refractivity contribution in [2.45, 2.75) is 26.8 Å². The van der Waals surface area contributed by atoms with Gasteiger partial charge in [0.15, 0.2) is 0 Å². The molecule has 0 aromatic carbocycles. The highest BCUT2D eigenvalue weighted by Gasteiger charge is 2.12. The Hall–Kier alpha value is -1.33. The van der Waals surface area contributed by atoms with Crippen LogP contribution in [0.3, 0.4) is 0 Å². The number of thiophene rings is 1. The summed E-state index contributed by atoms with van der Waals surface area (Å²) in [5.74, 6) is 0. The molecule has 0 unspecified atom stereocenters. The van der Waals surface area contributed by atoms with E-state index in [1.807, 2.05) is 24.6 Å². The maximum Gasteiger partial charge on any atom is 0.329 e. The summed E-state index contributed by atoms with van der Waals surface area (Å²) in [5.41, 5.74) is 1.74. The molecule has 0 bridgehead atoms. The Bertz CT molecular complexity index is 684. The molecule has 0 saturated heterocycles. The van der Waals surface area contributed by atoms with Crippen molar-refractivity contribution >= 4 is 22.9 Å². The third-order valence-electron chi connectivity index (χ3n) is 2.87. The Morgan fingerprint density at radius 3 is 2.67 bits per heavy atom. The van der Waals surface area contributed by atoms with Gasteiger partial charge < -0.3 is 0 Å². The second-order valence-electron chi connectivity index (χ2n) is 4.05. The van der Waals surface area contributed by atoms with Gasteiger partial charge in [-0.25, -0.2) is 4.79 Å². The van der Waals surface area contributed by atoms with Gasteiger partial charge in [0.1, 0.15) is 5.15 Å². The summed E-state index contributed by atoms with van der Waals surface area (Å²) in [6.45, 7) is 4.08. The van der Waals surface area contributed by atoms with Gasteiger partial charge in [-0.1, -0.05) is 18.5 Å². The van der Waals surface area contributed by atoms with E-state index < -0.39 is 5.69 Å². The van der Waals surface area contributed by atoms with E-state index in [0.29, 0.717) is 12.0 Å². The fourth-order valence-corrected chi connectivity index (χ4v) is 2.90. The number of nitrogens with one attached hydrogen (secondary N) is 1. The third-order valence-corrected chi connectivity index (χ3v) is 4.11. The molecule has 0 aliphatic carbocycles. The number of aromatic amines is 1. The molecule has 0 atom stereocenters. The summed E-state index contributed by atoms with van der Waals surface area (Å²) in [6.07, 6.45) is 0.497. The average molecular weight is 285 g/mol. The molecule has 2 aromatic rings. The van der Waals surface area contributed by atoms with Crippen molar-refractivity contribution in [2.75, 3.05) is 0 Å². The normalized spacial score (nSPS) is 10.8. The standard InChI is InChI=1S/C12H13ClN2O2S/c1-3-9-10(13)14-12(17)15(11(9)16)4-8-6-18-5-7(8)2/h5-6H,3-4H2,1-2H3,(H,14,17).